The Kier molecular flexibility index (Phi) is 2.75. The van der Waals surface area contributed by atoms with Gasteiger partial charge in [-0.1, -0.05) is 29.8 Å². The Morgan fingerprint density at radius 1 is 1.14 bits per heavy atom. The molecule has 0 aliphatic heterocycles. The minimum atomic E-state index is 0.468. The van der Waals surface area contributed by atoms with E-state index in [4.69, 9.17) is 16.3 Å². The van der Waals surface area contributed by atoms with Gasteiger partial charge < -0.3 is 9.72 Å². The molecule has 0 aliphatic carbocycles. The fraction of sp³-hybridized carbons (Fsp3) is 0.0909. The molecule has 1 N–H and O–H groups in total. The molecule has 0 fully saturated rings. The van der Waals surface area contributed by atoms with Gasteiger partial charge >= 0.3 is 0 Å². The summed E-state index contributed by atoms with van der Waals surface area (Å²) in [6.45, 7) is 0.468. The Balaban J connectivity index is 1.99. The van der Waals surface area contributed by atoms with Gasteiger partial charge in [0.25, 0.3) is 0 Å². The van der Waals surface area contributed by atoms with Gasteiger partial charge in [-0.05, 0) is 18.2 Å². The van der Waals surface area contributed by atoms with Crippen LogP contribution in [-0.4, -0.2) is 4.98 Å². The SMILES string of the molecule is Clc1cc[nH]c1COc1ccccc1. The van der Waals surface area contributed by atoms with Crippen LogP contribution in [0.3, 0.4) is 0 Å². The molecular formula is C11H10ClNO. The zero-order valence-corrected chi connectivity index (χ0v) is 8.29. The van der Waals surface area contributed by atoms with Gasteiger partial charge in [-0.3, -0.25) is 0 Å². The summed E-state index contributed by atoms with van der Waals surface area (Å²) >= 11 is 5.89. The zero-order valence-electron chi connectivity index (χ0n) is 7.53. The molecule has 1 aromatic carbocycles. The van der Waals surface area contributed by atoms with Crippen molar-refractivity contribution in [2.24, 2.45) is 0 Å². The monoisotopic (exact) mass is 207 g/mol. The smallest absolute Gasteiger partial charge is 0.129 e. The molecule has 0 saturated heterocycles. The summed E-state index contributed by atoms with van der Waals surface area (Å²) in [7, 11) is 0. The molecule has 2 aromatic rings. The Labute approximate surface area is 87.5 Å². The van der Waals surface area contributed by atoms with Crippen LogP contribution in [0.25, 0.3) is 0 Å². The van der Waals surface area contributed by atoms with Gasteiger partial charge in [0.1, 0.15) is 12.4 Å². The van der Waals surface area contributed by atoms with Crippen LogP contribution < -0.4 is 4.74 Å². The number of nitrogens with one attached hydrogen (secondary N) is 1. The van der Waals surface area contributed by atoms with E-state index in [0.29, 0.717) is 11.6 Å². The minimum absolute atomic E-state index is 0.468. The molecular weight excluding hydrogens is 198 g/mol. The number of hydrogen-bond donors (Lipinski definition) is 1. The summed E-state index contributed by atoms with van der Waals surface area (Å²) in [4.78, 5) is 3.02. The van der Waals surface area contributed by atoms with Crippen molar-refractivity contribution in [1.82, 2.24) is 4.98 Å². The molecule has 72 valence electrons. The number of benzene rings is 1. The van der Waals surface area contributed by atoms with Crippen LogP contribution >= 0.6 is 11.6 Å². The van der Waals surface area contributed by atoms with E-state index in [1.54, 1.807) is 6.20 Å². The number of aromatic nitrogens is 1. The second-order valence-corrected chi connectivity index (χ2v) is 3.31. The molecule has 2 nitrogen and oxygen atoms in total. The molecule has 0 bridgehead atoms. The van der Waals surface area contributed by atoms with E-state index in [1.165, 1.54) is 0 Å². The molecule has 14 heavy (non-hydrogen) atoms. The summed E-state index contributed by atoms with van der Waals surface area (Å²) in [5.41, 5.74) is 0.899. The van der Waals surface area contributed by atoms with Crippen molar-refractivity contribution in [2.45, 2.75) is 6.61 Å². The van der Waals surface area contributed by atoms with E-state index in [0.717, 1.165) is 11.4 Å². The number of H-pyrrole nitrogens is 1. The lowest BCUT2D eigenvalue weighted by atomic mass is 10.3. The normalized spacial score (nSPS) is 10.1. The van der Waals surface area contributed by atoms with Crippen molar-refractivity contribution in [3.63, 3.8) is 0 Å². The Hall–Kier alpha value is -1.41. The van der Waals surface area contributed by atoms with Gasteiger partial charge in [-0.2, -0.15) is 0 Å². The molecule has 0 unspecified atom stereocenters. The quantitative estimate of drug-likeness (QED) is 0.821. The molecule has 1 aromatic heterocycles. The highest BCUT2D eigenvalue weighted by Gasteiger charge is 2.00. The molecule has 0 saturated carbocycles. The first-order chi connectivity index (χ1) is 6.86. The van der Waals surface area contributed by atoms with Crippen LogP contribution in [0.1, 0.15) is 5.69 Å². The molecule has 0 aliphatic rings. The second-order valence-electron chi connectivity index (χ2n) is 2.91. The third kappa shape index (κ3) is 2.09. The average molecular weight is 208 g/mol. The van der Waals surface area contributed by atoms with E-state index in [-0.39, 0.29) is 0 Å². The van der Waals surface area contributed by atoms with Crippen molar-refractivity contribution in [2.75, 3.05) is 0 Å². The van der Waals surface area contributed by atoms with Crippen molar-refractivity contribution in [3.05, 3.63) is 53.3 Å². The van der Waals surface area contributed by atoms with Crippen molar-refractivity contribution < 1.29 is 4.74 Å². The van der Waals surface area contributed by atoms with Crippen LogP contribution in [0.4, 0.5) is 0 Å². The lowest BCUT2D eigenvalue weighted by Gasteiger charge is -2.04. The van der Waals surface area contributed by atoms with Crippen molar-refractivity contribution in [1.29, 1.82) is 0 Å². The first-order valence-electron chi connectivity index (χ1n) is 4.36. The number of halogens is 1. The van der Waals surface area contributed by atoms with E-state index in [9.17, 15) is 0 Å². The fourth-order valence-electron chi connectivity index (χ4n) is 1.17. The molecule has 3 heteroatoms. The number of ether oxygens (including phenoxy) is 1. The second kappa shape index (κ2) is 4.20. The maximum absolute atomic E-state index is 5.89. The summed E-state index contributed by atoms with van der Waals surface area (Å²) in [6.07, 6.45) is 1.80. The number of rotatable bonds is 3. The summed E-state index contributed by atoms with van der Waals surface area (Å²) in [5, 5.41) is 0.709. The summed E-state index contributed by atoms with van der Waals surface area (Å²) < 4.78 is 5.52. The average Bonchev–Trinajstić information content (AvgIpc) is 2.63. The van der Waals surface area contributed by atoms with E-state index < -0.39 is 0 Å². The number of aromatic amines is 1. The third-order valence-electron chi connectivity index (χ3n) is 1.90. The lowest BCUT2D eigenvalue weighted by molar-refractivity contribution is 0.302. The topological polar surface area (TPSA) is 25.0 Å². The minimum Gasteiger partial charge on any atom is -0.487 e. The standard InChI is InChI=1S/C11H10ClNO/c12-10-6-7-13-11(10)8-14-9-4-2-1-3-5-9/h1-7,13H,8H2. The molecule has 0 spiro atoms. The molecule has 0 radical (unpaired) electrons. The first kappa shape index (κ1) is 9.16. The Bertz CT molecular complexity index is 397. The summed E-state index contributed by atoms with van der Waals surface area (Å²) in [6, 6.07) is 11.5. The van der Waals surface area contributed by atoms with Gasteiger partial charge in [0.15, 0.2) is 0 Å². The van der Waals surface area contributed by atoms with Crippen LogP contribution in [0.2, 0.25) is 5.02 Å². The number of para-hydroxylation sites is 1. The zero-order chi connectivity index (χ0) is 9.80. The predicted octanol–water partition coefficient (Wildman–Crippen LogP) is 3.25. The third-order valence-corrected chi connectivity index (χ3v) is 2.26. The fourth-order valence-corrected chi connectivity index (χ4v) is 1.34. The maximum Gasteiger partial charge on any atom is 0.129 e. The van der Waals surface area contributed by atoms with E-state index in [2.05, 4.69) is 4.98 Å². The summed E-state index contributed by atoms with van der Waals surface area (Å²) in [5.74, 6) is 0.846. The van der Waals surface area contributed by atoms with Gasteiger partial charge in [-0.15, -0.1) is 0 Å². The van der Waals surface area contributed by atoms with Gasteiger partial charge in [-0.25, -0.2) is 0 Å². The molecule has 1 heterocycles. The largest absolute Gasteiger partial charge is 0.487 e. The predicted molar refractivity (Wildman–Crippen MR) is 56.6 cm³/mol. The van der Waals surface area contributed by atoms with E-state index in [1.807, 2.05) is 36.4 Å². The van der Waals surface area contributed by atoms with Gasteiger partial charge in [0.2, 0.25) is 0 Å². The van der Waals surface area contributed by atoms with Crippen molar-refractivity contribution in [3.8, 4) is 5.75 Å². The Morgan fingerprint density at radius 3 is 2.57 bits per heavy atom. The van der Waals surface area contributed by atoms with Gasteiger partial charge in [0, 0.05) is 6.20 Å². The van der Waals surface area contributed by atoms with Crippen LogP contribution in [-0.2, 0) is 6.61 Å². The van der Waals surface area contributed by atoms with Crippen molar-refractivity contribution >= 4 is 11.6 Å². The maximum atomic E-state index is 5.89. The van der Waals surface area contributed by atoms with Gasteiger partial charge in [0.05, 0.1) is 10.7 Å². The molecule has 0 amide bonds. The first-order valence-corrected chi connectivity index (χ1v) is 4.73. The lowest BCUT2D eigenvalue weighted by Crippen LogP contribution is -1.95. The van der Waals surface area contributed by atoms with E-state index >= 15 is 0 Å². The Morgan fingerprint density at radius 2 is 1.93 bits per heavy atom. The molecule has 2 rings (SSSR count). The number of hydrogen-bond acceptors (Lipinski definition) is 1. The van der Waals surface area contributed by atoms with Crippen LogP contribution in [0, 0.1) is 0 Å². The molecule has 0 atom stereocenters. The highest BCUT2D eigenvalue weighted by Crippen LogP contribution is 2.16. The highest BCUT2D eigenvalue weighted by atomic mass is 35.5. The van der Waals surface area contributed by atoms with Crippen LogP contribution in [0.5, 0.6) is 5.75 Å². The van der Waals surface area contributed by atoms with Crippen LogP contribution in [0.15, 0.2) is 42.6 Å². The highest BCUT2D eigenvalue weighted by molar-refractivity contribution is 6.31.